The lowest BCUT2D eigenvalue weighted by atomic mass is 10.1. The predicted molar refractivity (Wildman–Crippen MR) is 81.8 cm³/mol. The highest BCUT2D eigenvalue weighted by Crippen LogP contribution is 2.34. The lowest BCUT2D eigenvalue weighted by Gasteiger charge is -2.19. The van der Waals surface area contributed by atoms with Crippen molar-refractivity contribution in [2.45, 2.75) is 20.8 Å². The SMILES string of the molecule is C=Nc1cccc(OC)c1/C(NCC(C)C)=C(\C)N. The summed E-state index contributed by atoms with van der Waals surface area (Å²) in [5.74, 6) is 1.25. The minimum absolute atomic E-state index is 0.518. The molecule has 0 aliphatic carbocycles. The van der Waals surface area contributed by atoms with Crippen LogP contribution >= 0.6 is 0 Å². The Labute approximate surface area is 115 Å². The lowest BCUT2D eigenvalue weighted by Crippen LogP contribution is -2.21. The fourth-order valence-electron chi connectivity index (χ4n) is 1.80. The number of nitrogens with one attached hydrogen (secondary N) is 1. The van der Waals surface area contributed by atoms with Gasteiger partial charge in [-0.05, 0) is 31.7 Å². The molecular weight excluding hydrogens is 238 g/mol. The Balaban J connectivity index is 3.30. The van der Waals surface area contributed by atoms with Crippen molar-refractivity contribution >= 4 is 18.1 Å². The predicted octanol–water partition coefficient (Wildman–Crippen LogP) is 2.92. The van der Waals surface area contributed by atoms with E-state index in [0.717, 1.165) is 29.2 Å². The summed E-state index contributed by atoms with van der Waals surface area (Å²) in [6.07, 6.45) is 0. The largest absolute Gasteiger partial charge is 0.496 e. The van der Waals surface area contributed by atoms with Gasteiger partial charge in [0, 0.05) is 12.2 Å². The first-order valence-electron chi connectivity index (χ1n) is 6.35. The molecule has 0 aromatic heterocycles. The molecule has 0 unspecified atom stereocenters. The Morgan fingerprint density at radius 3 is 2.63 bits per heavy atom. The maximum Gasteiger partial charge on any atom is 0.130 e. The van der Waals surface area contributed by atoms with E-state index in [4.69, 9.17) is 10.5 Å². The third kappa shape index (κ3) is 3.74. The van der Waals surface area contributed by atoms with E-state index in [1.54, 1.807) is 7.11 Å². The molecule has 0 saturated carbocycles. The molecule has 3 N–H and O–H groups in total. The summed E-state index contributed by atoms with van der Waals surface area (Å²) in [6, 6.07) is 5.67. The number of ether oxygens (including phenoxy) is 1. The van der Waals surface area contributed by atoms with Gasteiger partial charge in [0.1, 0.15) is 5.75 Å². The van der Waals surface area contributed by atoms with E-state index in [2.05, 4.69) is 30.9 Å². The molecular formula is C15H23N3O. The number of nitrogens with two attached hydrogens (primary N) is 1. The highest BCUT2D eigenvalue weighted by Gasteiger charge is 2.15. The van der Waals surface area contributed by atoms with Crippen molar-refractivity contribution in [1.29, 1.82) is 0 Å². The van der Waals surface area contributed by atoms with Crippen molar-refractivity contribution < 1.29 is 4.74 Å². The van der Waals surface area contributed by atoms with Gasteiger partial charge in [-0.15, -0.1) is 0 Å². The summed E-state index contributed by atoms with van der Waals surface area (Å²) < 4.78 is 5.41. The van der Waals surface area contributed by atoms with Gasteiger partial charge in [0.15, 0.2) is 0 Å². The Morgan fingerprint density at radius 1 is 1.47 bits per heavy atom. The Morgan fingerprint density at radius 2 is 2.16 bits per heavy atom. The smallest absolute Gasteiger partial charge is 0.130 e. The Bertz CT molecular complexity index is 474. The topological polar surface area (TPSA) is 59.6 Å². The number of rotatable bonds is 6. The highest BCUT2D eigenvalue weighted by molar-refractivity contribution is 5.80. The number of methoxy groups -OCH3 is 1. The third-order valence-corrected chi connectivity index (χ3v) is 2.73. The molecule has 0 heterocycles. The van der Waals surface area contributed by atoms with E-state index in [-0.39, 0.29) is 0 Å². The zero-order valence-electron chi connectivity index (χ0n) is 12.2. The van der Waals surface area contributed by atoms with Gasteiger partial charge in [0.25, 0.3) is 0 Å². The first-order chi connectivity index (χ1) is 9.01. The fourth-order valence-corrected chi connectivity index (χ4v) is 1.80. The second-order valence-corrected chi connectivity index (χ2v) is 4.85. The van der Waals surface area contributed by atoms with Crippen molar-refractivity contribution in [3.63, 3.8) is 0 Å². The van der Waals surface area contributed by atoms with Crippen LogP contribution in [0.1, 0.15) is 26.3 Å². The van der Waals surface area contributed by atoms with Crippen LogP contribution in [0.25, 0.3) is 5.70 Å². The number of nitrogens with zero attached hydrogens (tertiary/aromatic N) is 1. The highest BCUT2D eigenvalue weighted by atomic mass is 16.5. The summed E-state index contributed by atoms with van der Waals surface area (Å²) in [6.45, 7) is 10.6. The molecule has 0 atom stereocenters. The first kappa shape index (κ1) is 15.1. The van der Waals surface area contributed by atoms with Crippen LogP contribution in [0.15, 0.2) is 28.9 Å². The molecule has 4 heteroatoms. The summed E-state index contributed by atoms with van der Waals surface area (Å²) in [5.41, 5.74) is 9.18. The van der Waals surface area contributed by atoms with E-state index in [1.807, 2.05) is 25.1 Å². The molecule has 0 amide bonds. The van der Waals surface area contributed by atoms with E-state index in [9.17, 15) is 0 Å². The van der Waals surface area contributed by atoms with E-state index in [0.29, 0.717) is 11.6 Å². The zero-order valence-corrected chi connectivity index (χ0v) is 12.2. The summed E-state index contributed by atoms with van der Waals surface area (Å²) in [5, 5.41) is 3.37. The average Bonchev–Trinajstić information content (AvgIpc) is 2.38. The summed E-state index contributed by atoms with van der Waals surface area (Å²) >= 11 is 0. The number of hydrogen-bond donors (Lipinski definition) is 2. The lowest BCUT2D eigenvalue weighted by molar-refractivity contribution is 0.413. The minimum Gasteiger partial charge on any atom is -0.496 e. The van der Waals surface area contributed by atoms with Crippen molar-refractivity contribution in [2.75, 3.05) is 13.7 Å². The van der Waals surface area contributed by atoms with Crippen molar-refractivity contribution in [3.8, 4) is 5.75 Å². The second kappa shape index (κ2) is 6.83. The quantitative estimate of drug-likeness (QED) is 0.774. The molecule has 0 aliphatic rings. The van der Waals surface area contributed by atoms with Crippen LogP contribution < -0.4 is 15.8 Å². The Kier molecular flexibility index (Phi) is 5.42. The molecule has 104 valence electrons. The van der Waals surface area contributed by atoms with Gasteiger partial charge in [-0.1, -0.05) is 19.9 Å². The molecule has 0 saturated heterocycles. The van der Waals surface area contributed by atoms with Gasteiger partial charge in [0.2, 0.25) is 0 Å². The van der Waals surface area contributed by atoms with Crippen LogP contribution in [0.4, 0.5) is 5.69 Å². The summed E-state index contributed by atoms with van der Waals surface area (Å²) in [4.78, 5) is 4.05. The molecule has 0 fully saturated rings. The number of hydrogen-bond acceptors (Lipinski definition) is 4. The van der Waals surface area contributed by atoms with Gasteiger partial charge in [0.05, 0.1) is 24.1 Å². The van der Waals surface area contributed by atoms with Crippen LogP contribution in [-0.2, 0) is 0 Å². The molecule has 4 nitrogen and oxygen atoms in total. The average molecular weight is 261 g/mol. The molecule has 0 aliphatic heterocycles. The third-order valence-electron chi connectivity index (χ3n) is 2.73. The van der Waals surface area contributed by atoms with Crippen LogP contribution in [0.2, 0.25) is 0 Å². The second-order valence-electron chi connectivity index (χ2n) is 4.85. The molecule has 1 aromatic carbocycles. The van der Waals surface area contributed by atoms with Gasteiger partial charge in [-0.3, -0.25) is 4.99 Å². The molecule has 0 spiro atoms. The number of aliphatic imine (C=N–C) groups is 1. The fraction of sp³-hybridized carbons (Fsp3) is 0.400. The van der Waals surface area contributed by atoms with Crippen LogP contribution in [0.3, 0.4) is 0 Å². The maximum absolute atomic E-state index is 6.00. The van der Waals surface area contributed by atoms with Gasteiger partial charge < -0.3 is 15.8 Å². The standard InChI is InChI=1S/C15H23N3O/c1-10(2)9-18-15(11(3)16)14-12(17-4)7-6-8-13(14)19-5/h6-8,10,18H,4,9,16H2,1-3,5H3/b15-11-. The van der Waals surface area contributed by atoms with Gasteiger partial charge in [-0.2, -0.15) is 0 Å². The molecule has 0 radical (unpaired) electrons. The van der Waals surface area contributed by atoms with E-state index >= 15 is 0 Å². The van der Waals surface area contributed by atoms with Crippen molar-refractivity contribution in [2.24, 2.45) is 16.6 Å². The zero-order chi connectivity index (χ0) is 14.4. The van der Waals surface area contributed by atoms with Crippen LogP contribution in [0.5, 0.6) is 5.75 Å². The normalized spacial score (nSPS) is 12.1. The minimum atomic E-state index is 0.518. The van der Waals surface area contributed by atoms with Crippen LogP contribution in [-0.4, -0.2) is 20.4 Å². The van der Waals surface area contributed by atoms with Crippen molar-refractivity contribution in [1.82, 2.24) is 5.32 Å². The molecule has 19 heavy (non-hydrogen) atoms. The molecule has 1 aromatic rings. The number of allylic oxidation sites excluding steroid dienone is 1. The Hall–Kier alpha value is -1.97. The van der Waals surface area contributed by atoms with E-state index in [1.165, 1.54) is 0 Å². The first-order valence-corrected chi connectivity index (χ1v) is 6.35. The number of benzene rings is 1. The van der Waals surface area contributed by atoms with Gasteiger partial charge in [-0.25, -0.2) is 0 Å². The monoisotopic (exact) mass is 261 g/mol. The van der Waals surface area contributed by atoms with E-state index < -0.39 is 0 Å². The maximum atomic E-state index is 6.00. The molecule has 0 bridgehead atoms. The molecule has 1 rings (SSSR count). The summed E-state index contributed by atoms with van der Waals surface area (Å²) in [7, 11) is 1.64. The van der Waals surface area contributed by atoms with Crippen molar-refractivity contribution in [3.05, 3.63) is 29.5 Å². The van der Waals surface area contributed by atoms with Gasteiger partial charge >= 0.3 is 0 Å². The van der Waals surface area contributed by atoms with Crippen LogP contribution in [0, 0.1) is 5.92 Å².